The van der Waals surface area contributed by atoms with Gasteiger partial charge in [0.15, 0.2) is 0 Å². The van der Waals surface area contributed by atoms with Crippen LogP contribution in [0, 0.1) is 12.8 Å². The van der Waals surface area contributed by atoms with E-state index in [-0.39, 0.29) is 5.92 Å². The molecular formula is C14H21NOS. The van der Waals surface area contributed by atoms with Crippen molar-refractivity contribution < 1.29 is 4.74 Å². The van der Waals surface area contributed by atoms with Gasteiger partial charge >= 0.3 is 0 Å². The summed E-state index contributed by atoms with van der Waals surface area (Å²) in [6.45, 7) is 6.98. The zero-order valence-corrected chi connectivity index (χ0v) is 11.6. The van der Waals surface area contributed by atoms with Gasteiger partial charge in [0.1, 0.15) is 5.75 Å². The van der Waals surface area contributed by atoms with Crippen molar-refractivity contribution in [2.24, 2.45) is 11.7 Å². The Kier molecular flexibility index (Phi) is 5.42. The lowest BCUT2D eigenvalue weighted by Gasteiger charge is -2.15. The van der Waals surface area contributed by atoms with Crippen molar-refractivity contribution in [3.8, 4) is 5.75 Å². The lowest BCUT2D eigenvalue weighted by atomic mass is 9.99. The van der Waals surface area contributed by atoms with Crippen LogP contribution in [-0.4, -0.2) is 11.6 Å². The number of aryl methyl sites for hydroxylation is 1. The van der Waals surface area contributed by atoms with E-state index in [1.54, 1.807) is 0 Å². The SMILES string of the molecule is CCCOc1ccc(C)cc1CC(C)C(N)=S. The first-order valence-corrected chi connectivity index (χ1v) is 6.47. The minimum Gasteiger partial charge on any atom is -0.493 e. The third-order valence-electron chi connectivity index (χ3n) is 2.69. The molecule has 0 saturated heterocycles. The molecule has 0 aliphatic heterocycles. The predicted octanol–water partition coefficient (Wildman–Crippen LogP) is 3.25. The number of hydrogen-bond acceptors (Lipinski definition) is 2. The Morgan fingerprint density at radius 2 is 2.18 bits per heavy atom. The minimum atomic E-state index is 0.204. The Hall–Kier alpha value is -1.09. The van der Waals surface area contributed by atoms with Gasteiger partial charge in [0.25, 0.3) is 0 Å². The van der Waals surface area contributed by atoms with Crippen molar-refractivity contribution >= 4 is 17.2 Å². The molecule has 1 aromatic rings. The summed E-state index contributed by atoms with van der Waals surface area (Å²) in [5.74, 6) is 1.16. The molecule has 1 unspecified atom stereocenters. The number of thiocarbonyl (C=S) groups is 1. The molecule has 0 amide bonds. The smallest absolute Gasteiger partial charge is 0.122 e. The molecule has 94 valence electrons. The summed E-state index contributed by atoms with van der Waals surface area (Å²) in [6.07, 6.45) is 1.86. The largest absolute Gasteiger partial charge is 0.493 e. The Labute approximate surface area is 109 Å². The predicted molar refractivity (Wildman–Crippen MR) is 76.6 cm³/mol. The fourth-order valence-corrected chi connectivity index (χ4v) is 1.73. The van der Waals surface area contributed by atoms with Crippen LogP contribution in [0.4, 0.5) is 0 Å². The topological polar surface area (TPSA) is 35.2 Å². The second-order valence-corrected chi connectivity index (χ2v) is 4.94. The molecule has 0 fully saturated rings. The lowest BCUT2D eigenvalue weighted by Crippen LogP contribution is -2.20. The number of rotatable bonds is 6. The molecule has 1 aromatic carbocycles. The average Bonchev–Trinajstić information content (AvgIpc) is 2.28. The summed E-state index contributed by atoms with van der Waals surface area (Å²) in [5, 5.41) is 0. The van der Waals surface area contributed by atoms with Crippen molar-refractivity contribution in [2.75, 3.05) is 6.61 Å². The molecule has 2 N–H and O–H groups in total. The first kappa shape index (κ1) is 14.0. The number of hydrogen-bond donors (Lipinski definition) is 1. The molecule has 0 aliphatic carbocycles. The van der Waals surface area contributed by atoms with Crippen LogP contribution in [0.3, 0.4) is 0 Å². The summed E-state index contributed by atoms with van der Waals surface area (Å²) in [6, 6.07) is 6.26. The van der Waals surface area contributed by atoms with E-state index in [1.807, 2.05) is 13.0 Å². The molecule has 0 saturated carbocycles. The van der Waals surface area contributed by atoms with E-state index in [4.69, 9.17) is 22.7 Å². The van der Waals surface area contributed by atoms with Gasteiger partial charge in [-0.25, -0.2) is 0 Å². The van der Waals surface area contributed by atoms with E-state index in [1.165, 1.54) is 11.1 Å². The molecule has 0 aromatic heterocycles. The normalized spacial score (nSPS) is 12.2. The fraction of sp³-hybridized carbons (Fsp3) is 0.500. The van der Waals surface area contributed by atoms with Gasteiger partial charge in [0.2, 0.25) is 0 Å². The van der Waals surface area contributed by atoms with Gasteiger partial charge in [0.05, 0.1) is 11.6 Å². The summed E-state index contributed by atoms with van der Waals surface area (Å²) in [4.78, 5) is 0.563. The second-order valence-electron chi connectivity index (χ2n) is 4.47. The molecule has 17 heavy (non-hydrogen) atoms. The molecule has 0 spiro atoms. The van der Waals surface area contributed by atoms with Crippen LogP contribution in [0.25, 0.3) is 0 Å². The molecule has 2 nitrogen and oxygen atoms in total. The van der Waals surface area contributed by atoms with Crippen LogP contribution in [-0.2, 0) is 6.42 Å². The molecule has 0 heterocycles. The first-order valence-electron chi connectivity index (χ1n) is 6.06. The van der Waals surface area contributed by atoms with Crippen molar-refractivity contribution in [2.45, 2.75) is 33.6 Å². The van der Waals surface area contributed by atoms with Crippen LogP contribution in [0.5, 0.6) is 5.75 Å². The second kappa shape index (κ2) is 6.60. The fourth-order valence-electron chi connectivity index (χ4n) is 1.65. The standard InChI is InChI=1S/C14H21NOS/c1-4-7-16-13-6-5-10(2)8-12(13)9-11(3)14(15)17/h5-6,8,11H,4,7,9H2,1-3H3,(H2,15,17). The van der Waals surface area contributed by atoms with Gasteiger partial charge in [-0.3, -0.25) is 0 Å². The summed E-state index contributed by atoms with van der Waals surface area (Å²) in [5.41, 5.74) is 8.09. The van der Waals surface area contributed by atoms with Gasteiger partial charge < -0.3 is 10.5 Å². The highest BCUT2D eigenvalue weighted by Crippen LogP contribution is 2.23. The van der Waals surface area contributed by atoms with E-state index in [2.05, 4.69) is 26.0 Å². The summed E-state index contributed by atoms with van der Waals surface area (Å²) >= 11 is 5.02. The Balaban J connectivity index is 2.86. The highest BCUT2D eigenvalue weighted by atomic mass is 32.1. The van der Waals surface area contributed by atoms with E-state index < -0.39 is 0 Å². The van der Waals surface area contributed by atoms with Gasteiger partial charge in [-0.2, -0.15) is 0 Å². The highest BCUT2D eigenvalue weighted by Gasteiger charge is 2.11. The number of ether oxygens (including phenoxy) is 1. The van der Waals surface area contributed by atoms with E-state index in [0.29, 0.717) is 4.99 Å². The van der Waals surface area contributed by atoms with Gasteiger partial charge in [-0.15, -0.1) is 0 Å². The maximum absolute atomic E-state index is 5.74. The van der Waals surface area contributed by atoms with Crippen LogP contribution in [0.15, 0.2) is 18.2 Å². The van der Waals surface area contributed by atoms with Crippen LogP contribution >= 0.6 is 12.2 Å². The molecule has 0 radical (unpaired) electrons. The first-order chi connectivity index (χ1) is 8.04. The van der Waals surface area contributed by atoms with E-state index >= 15 is 0 Å². The Morgan fingerprint density at radius 3 is 2.76 bits per heavy atom. The Morgan fingerprint density at radius 1 is 1.47 bits per heavy atom. The minimum absolute atomic E-state index is 0.204. The van der Waals surface area contributed by atoms with Crippen LogP contribution in [0.2, 0.25) is 0 Å². The molecule has 3 heteroatoms. The van der Waals surface area contributed by atoms with Crippen molar-refractivity contribution in [1.29, 1.82) is 0 Å². The Bertz CT molecular complexity index is 390. The van der Waals surface area contributed by atoms with E-state index in [9.17, 15) is 0 Å². The van der Waals surface area contributed by atoms with Crippen LogP contribution in [0.1, 0.15) is 31.4 Å². The average molecular weight is 251 g/mol. The van der Waals surface area contributed by atoms with Crippen LogP contribution < -0.4 is 10.5 Å². The molecule has 0 aliphatic rings. The molecule has 1 atom stereocenters. The van der Waals surface area contributed by atoms with Crippen molar-refractivity contribution in [1.82, 2.24) is 0 Å². The van der Waals surface area contributed by atoms with Crippen molar-refractivity contribution in [3.63, 3.8) is 0 Å². The van der Waals surface area contributed by atoms with Gasteiger partial charge in [-0.1, -0.05) is 43.8 Å². The summed E-state index contributed by atoms with van der Waals surface area (Å²) < 4.78 is 5.74. The number of nitrogens with two attached hydrogens (primary N) is 1. The zero-order valence-electron chi connectivity index (χ0n) is 10.8. The van der Waals surface area contributed by atoms with Gasteiger partial charge in [0, 0.05) is 5.92 Å². The maximum atomic E-state index is 5.74. The third kappa shape index (κ3) is 4.35. The molecule has 0 bridgehead atoms. The molecular weight excluding hydrogens is 230 g/mol. The zero-order chi connectivity index (χ0) is 12.8. The highest BCUT2D eigenvalue weighted by molar-refractivity contribution is 7.80. The summed E-state index contributed by atoms with van der Waals surface area (Å²) in [7, 11) is 0. The van der Waals surface area contributed by atoms with Gasteiger partial charge in [-0.05, 0) is 31.4 Å². The monoisotopic (exact) mass is 251 g/mol. The van der Waals surface area contributed by atoms with Crippen molar-refractivity contribution in [3.05, 3.63) is 29.3 Å². The third-order valence-corrected chi connectivity index (χ3v) is 3.09. The van der Waals surface area contributed by atoms with E-state index in [0.717, 1.165) is 25.2 Å². The lowest BCUT2D eigenvalue weighted by molar-refractivity contribution is 0.313. The number of benzene rings is 1. The quantitative estimate of drug-likeness (QED) is 0.788. The molecule has 1 rings (SSSR count). The maximum Gasteiger partial charge on any atom is 0.122 e.